The van der Waals surface area contributed by atoms with Crippen LogP contribution in [0, 0.1) is 20.8 Å². The number of hydrogen-bond acceptors (Lipinski definition) is 2. The van der Waals surface area contributed by atoms with Gasteiger partial charge in [0.1, 0.15) is 0 Å². The summed E-state index contributed by atoms with van der Waals surface area (Å²) in [5, 5.41) is 5.45. The van der Waals surface area contributed by atoms with Gasteiger partial charge in [-0.1, -0.05) is 23.2 Å². The number of anilines is 1. The largest absolute Gasteiger partial charge is 0.387 e. The molecule has 0 unspecified atom stereocenters. The lowest BCUT2D eigenvalue weighted by molar-refractivity contribution is 1.19. The highest BCUT2D eigenvalue weighted by molar-refractivity contribution is 6.41. The van der Waals surface area contributed by atoms with Crippen LogP contribution in [0.1, 0.15) is 16.8 Å². The van der Waals surface area contributed by atoms with Gasteiger partial charge in [-0.3, -0.25) is 4.98 Å². The van der Waals surface area contributed by atoms with Crippen molar-refractivity contribution >= 4 is 39.8 Å². The highest BCUT2D eigenvalue weighted by atomic mass is 35.5. The monoisotopic (exact) mass is 268 g/mol. The summed E-state index contributed by atoms with van der Waals surface area (Å²) in [6.45, 7) is 5.95. The molecule has 0 bridgehead atoms. The fourth-order valence-electron chi connectivity index (χ4n) is 2.01. The summed E-state index contributed by atoms with van der Waals surface area (Å²) < 4.78 is 0. The Labute approximate surface area is 111 Å². The van der Waals surface area contributed by atoms with Crippen molar-refractivity contribution in [2.24, 2.45) is 0 Å². The van der Waals surface area contributed by atoms with Crippen molar-refractivity contribution in [2.75, 3.05) is 12.4 Å². The maximum absolute atomic E-state index is 6.37. The van der Waals surface area contributed by atoms with Crippen molar-refractivity contribution in [3.63, 3.8) is 0 Å². The normalized spacial score (nSPS) is 10.9. The predicted molar refractivity (Wildman–Crippen MR) is 75.5 cm³/mol. The molecule has 17 heavy (non-hydrogen) atoms. The summed E-state index contributed by atoms with van der Waals surface area (Å²) in [6, 6.07) is 1.85. The number of nitrogens with zero attached hydrogens (tertiary/aromatic N) is 1. The van der Waals surface area contributed by atoms with Gasteiger partial charge in [-0.15, -0.1) is 0 Å². The van der Waals surface area contributed by atoms with E-state index < -0.39 is 0 Å². The van der Waals surface area contributed by atoms with Crippen molar-refractivity contribution in [3.05, 3.63) is 32.9 Å². The lowest BCUT2D eigenvalue weighted by atomic mass is 10.0. The number of fused-ring (bicyclic) bond motifs is 1. The minimum absolute atomic E-state index is 0.640. The van der Waals surface area contributed by atoms with Gasteiger partial charge >= 0.3 is 0 Å². The summed E-state index contributed by atoms with van der Waals surface area (Å²) in [6.07, 6.45) is 0. The second-order valence-corrected chi connectivity index (χ2v) is 4.95. The predicted octanol–water partition coefficient (Wildman–Crippen LogP) is 4.51. The van der Waals surface area contributed by atoms with E-state index in [1.165, 1.54) is 0 Å². The number of aryl methyl sites for hydroxylation is 2. The third-order valence-corrected chi connectivity index (χ3v) is 3.84. The van der Waals surface area contributed by atoms with E-state index >= 15 is 0 Å². The molecule has 2 aromatic rings. The standard InChI is InChI=1S/C13H14Cl2N2/c1-6-5-9(14)13-10(11(6)15)12(16-4)7(2)8(3)17-13/h5H,1-4H3,(H,16,17). The first-order valence-corrected chi connectivity index (χ1v) is 6.16. The SMILES string of the molecule is CNc1c(C)c(C)nc2c(Cl)cc(C)c(Cl)c12. The molecular formula is C13H14Cl2N2. The Morgan fingerprint density at radius 1 is 1.18 bits per heavy atom. The fraction of sp³-hybridized carbons (Fsp3) is 0.308. The molecule has 1 aromatic carbocycles. The van der Waals surface area contributed by atoms with Crippen molar-refractivity contribution < 1.29 is 0 Å². The number of hydrogen-bond donors (Lipinski definition) is 1. The molecule has 0 atom stereocenters. The van der Waals surface area contributed by atoms with Crippen molar-refractivity contribution in [2.45, 2.75) is 20.8 Å². The topological polar surface area (TPSA) is 24.9 Å². The summed E-state index contributed by atoms with van der Waals surface area (Å²) in [4.78, 5) is 4.53. The Balaban J connectivity index is 3.06. The maximum atomic E-state index is 6.37. The summed E-state index contributed by atoms with van der Waals surface area (Å²) in [5.41, 5.74) is 4.79. The molecule has 0 aliphatic carbocycles. The Morgan fingerprint density at radius 2 is 1.82 bits per heavy atom. The van der Waals surface area contributed by atoms with Crippen LogP contribution in [0.2, 0.25) is 10.0 Å². The molecule has 90 valence electrons. The zero-order valence-corrected chi connectivity index (χ0v) is 11.8. The fourth-order valence-corrected chi connectivity index (χ4v) is 2.55. The Hall–Kier alpha value is -0.990. The van der Waals surface area contributed by atoms with E-state index in [0.717, 1.165) is 33.4 Å². The highest BCUT2D eigenvalue weighted by Gasteiger charge is 2.15. The van der Waals surface area contributed by atoms with Crippen molar-refractivity contribution in [1.29, 1.82) is 0 Å². The summed E-state index contributed by atoms with van der Waals surface area (Å²) >= 11 is 12.6. The van der Waals surface area contributed by atoms with Gasteiger partial charge in [0.25, 0.3) is 0 Å². The third-order valence-electron chi connectivity index (χ3n) is 3.07. The van der Waals surface area contributed by atoms with Crippen LogP contribution in [-0.4, -0.2) is 12.0 Å². The number of halogens is 2. The minimum Gasteiger partial charge on any atom is -0.387 e. The van der Waals surface area contributed by atoms with Gasteiger partial charge in [0.05, 0.1) is 15.6 Å². The van der Waals surface area contributed by atoms with Crippen molar-refractivity contribution in [1.82, 2.24) is 4.98 Å². The quantitative estimate of drug-likeness (QED) is 0.823. The molecule has 0 fully saturated rings. The first kappa shape index (κ1) is 12.5. The molecule has 0 aliphatic heterocycles. The lowest BCUT2D eigenvalue weighted by Crippen LogP contribution is -2.00. The number of nitrogens with one attached hydrogen (secondary N) is 1. The van der Waals surface area contributed by atoms with Crippen LogP contribution in [0.4, 0.5) is 5.69 Å². The first-order chi connectivity index (χ1) is 7.97. The van der Waals surface area contributed by atoms with E-state index in [1.54, 1.807) is 0 Å². The van der Waals surface area contributed by atoms with E-state index in [2.05, 4.69) is 10.3 Å². The molecule has 1 heterocycles. The summed E-state index contributed by atoms with van der Waals surface area (Å²) in [7, 11) is 1.88. The van der Waals surface area contributed by atoms with Gasteiger partial charge in [-0.25, -0.2) is 0 Å². The Bertz CT molecular complexity index is 606. The van der Waals surface area contributed by atoms with E-state index in [4.69, 9.17) is 23.2 Å². The Morgan fingerprint density at radius 3 is 2.41 bits per heavy atom. The van der Waals surface area contributed by atoms with Crippen LogP contribution in [-0.2, 0) is 0 Å². The van der Waals surface area contributed by atoms with Crippen molar-refractivity contribution in [3.8, 4) is 0 Å². The van der Waals surface area contributed by atoms with E-state index in [9.17, 15) is 0 Å². The van der Waals surface area contributed by atoms with Crippen LogP contribution < -0.4 is 5.32 Å². The molecule has 2 rings (SSSR count). The first-order valence-electron chi connectivity index (χ1n) is 5.40. The summed E-state index contributed by atoms with van der Waals surface area (Å²) in [5.74, 6) is 0. The van der Waals surface area contributed by atoms with E-state index in [0.29, 0.717) is 10.0 Å². The molecule has 0 amide bonds. The molecule has 0 aliphatic rings. The van der Waals surface area contributed by atoms with E-state index in [-0.39, 0.29) is 0 Å². The molecule has 0 radical (unpaired) electrons. The van der Waals surface area contributed by atoms with E-state index in [1.807, 2.05) is 33.9 Å². The Kier molecular flexibility index (Phi) is 3.19. The molecule has 2 nitrogen and oxygen atoms in total. The third kappa shape index (κ3) is 1.85. The average molecular weight is 269 g/mol. The minimum atomic E-state index is 0.640. The van der Waals surface area contributed by atoms with Crippen LogP contribution in [0.3, 0.4) is 0 Å². The molecule has 0 saturated heterocycles. The molecule has 0 saturated carbocycles. The average Bonchev–Trinajstić information content (AvgIpc) is 2.28. The van der Waals surface area contributed by atoms with Gasteiger partial charge in [0.2, 0.25) is 0 Å². The van der Waals surface area contributed by atoms with Crippen LogP contribution in [0.15, 0.2) is 6.07 Å². The van der Waals surface area contributed by atoms with Crippen LogP contribution in [0.25, 0.3) is 10.9 Å². The van der Waals surface area contributed by atoms with Gasteiger partial charge in [0, 0.05) is 23.8 Å². The number of benzene rings is 1. The number of aromatic nitrogens is 1. The molecule has 1 N–H and O–H groups in total. The van der Waals surface area contributed by atoms with Gasteiger partial charge in [0.15, 0.2) is 0 Å². The second-order valence-electron chi connectivity index (χ2n) is 4.16. The van der Waals surface area contributed by atoms with Gasteiger partial charge in [-0.05, 0) is 38.0 Å². The van der Waals surface area contributed by atoms with Crippen LogP contribution >= 0.6 is 23.2 Å². The zero-order valence-electron chi connectivity index (χ0n) is 10.3. The number of rotatable bonds is 1. The smallest absolute Gasteiger partial charge is 0.0927 e. The molecule has 0 spiro atoms. The second kappa shape index (κ2) is 4.35. The van der Waals surface area contributed by atoms with Gasteiger partial charge < -0.3 is 5.32 Å². The molecule has 1 aromatic heterocycles. The molecular weight excluding hydrogens is 255 g/mol. The lowest BCUT2D eigenvalue weighted by Gasteiger charge is -2.15. The highest BCUT2D eigenvalue weighted by Crippen LogP contribution is 2.38. The maximum Gasteiger partial charge on any atom is 0.0927 e. The zero-order chi connectivity index (χ0) is 12.7. The van der Waals surface area contributed by atoms with Crippen LogP contribution in [0.5, 0.6) is 0 Å². The van der Waals surface area contributed by atoms with Gasteiger partial charge in [-0.2, -0.15) is 0 Å². The molecule has 4 heteroatoms. The number of pyridine rings is 1.